The summed E-state index contributed by atoms with van der Waals surface area (Å²) in [7, 11) is 0. The number of rotatable bonds is 8. The summed E-state index contributed by atoms with van der Waals surface area (Å²) in [6.45, 7) is 4.67. The van der Waals surface area contributed by atoms with Gasteiger partial charge in [0.25, 0.3) is 5.91 Å². The number of hydrazone groups is 1. The summed E-state index contributed by atoms with van der Waals surface area (Å²) < 4.78 is 10.2. The summed E-state index contributed by atoms with van der Waals surface area (Å²) in [5.74, 6) is 0.669. The molecule has 0 radical (unpaired) electrons. The third-order valence-corrected chi connectivity index (χ3v) is 2.53. The molecule has 7 heteroatoms. The van der Waals surface area contributed by atoms with Crippen LogP contribution in [0.4, 0.5) is 0 Å². The molecule has 1 amide bonds. The molecule has 0 atom stereocenters. The average Bonchev–Trinajstić information content (AvgIpc) is 3.16. The molecule has 0 aromatic carbocycles. The molecular weight excluding hydrogens is 272 g/mol. The first kappa shape index (κ1) is 14.6. The molecule has 0 aliphatic carbocycles. The fourth-order valence-electron chi connectivity index (χ4n) is 1.55. The molecule has 2 N–H and O–H groups in total. The van der Waals surface area contributed by atoms with Crippen LogP contribution in [0.2, 0.25) is 0 Å². The average molecular weight is 288 g/mol. The highest BCUT2D eigenvalue weighted by Crippen LogP contribution is 2.20. The second-order valence-corrected chi connectivity index (χ2v) is 4.09. The van der Waals surface area contributed by atoms with Gasteiger partial charge < -0.3 is 19.7 Å². The smallest absolute Gasteiger partial charge is 0.273 e. The Bertz CT molecular complexity index is 602. The third-order valence-electron chi connectivity index (χ3n) is 2.53. The van der Waals surface area contributed by atoms with E-state index in [-0.39, 0.29) is 11.6 Å². The van der Waals surface area contributed by atoms with E-state index in [0.29, 0.717) is 24.6 Å². The second kappa shape index (κ2) is 7.68. The molecule has 0 saturated carbocycles. The molecule has 21 heavy (non-hydrogen) atoms. The molecule has 0 unspecified atom stereocenters. The predicted octanol–water partition coefficient (Wildman–Crippen LogP) is 1.82. The Balaban J connectivity index is 1.74. The number of furan rings is 1. The molecule has 2 aromatic rings. The monoisotopic (exact) mass is 288 g/mol. The lowest BCUT2D eigenvalue weighted by Gasteiger charge is -2.02. The minimum atomic E-state index is -0.286. The second-order valence-electron chi connectivity index (χ2n) is 4.09. The molecule has 0 aliphatic heterocycles. The lowest BCUT2D eigenvalue weighted by Crippen LogP contribution is -2.26. The van der Waals surface area contributed by atoms with E-state index in [1.54, 1.807) is 30.5 Å². The highest BCUT2D eigenvalue weighted by atomic mass is 16.5. The molecule has 0 saturated heterocycles. The molecule has 2 aromatic heterocycles. The zero-order chi connectivity index (χ0) is 14.9. The van der Waals surface area contributed by atoms with Crippen LogP contribution in [0.5, 0.6) is 0 Å². The number of carbonyl (C=O) groups is 1. The number of nitrogens with zero attached hydrogens (tertiary/aromatic N) is 2. The largest absolute Gasteiger partial charge is 0.461 e. The standard InChI is InChI=1S/C14H16N4O3/c1-2-6-16-17-8-4-7-15-14(19)11-10-13(21-18-11)12-5-3-9-20-12/h2-3,5-6,9-10,17H,1,4,7-8H2,(H,15,19)/b16-6-. The van der Waals surface area contributed by atoms with Gasteiger partial charge in [0.2, 0.25) is 5.76 Å². The lowest BCUT2D eigenvalue weighted by atomic mass is 10.3. The number of hydrogen-bond donors (Lipinski definition) is 2. The van der Waals surface area contributed by atoms with Gasteiger partial charge in [0.15, 0.2) is 11.5 Å². The Hall–Kier alpha value is -2.83. The number of carbonyl (C=O) groups excluding carboxylic acids is 1. The molecule has 110 valence electrons. The highest BCUT2D eigenvalue weighted by molar-refractivity contribution is 5.92. The van der Waals surface area contributed by atoms with Crippen molar-refractivity contribution in [2.75, 3.05) is 13.1 Å². The summed E-state index contributed by atoms with van der Waals surface area (Å²) in [4.78, 5) is 11.8. The van der Waals surface area contributed by atoms with Crippen LogP contribution in [0.1, 0.15) is 16.9 Å². The fraction of sp³-hybridized carbons (Fsp3) is 0.214. The summed E-state index contributed by atoms with van der Waals surface area (Å²) in [5.41, 5.74) is 3.04. The normalized spacial score (nSPS) is 10.7. The van der Waals surface area contributed by atoms with Gasteiger partial charge in [0.05, 0.1) is 6.26 Å². The maximum Gasteiger partial charge on any atom is 0.273 e. The number of amides is 1. The molecular formula is C14H16N4O3. The van der Waals surface area contributed by atoms with Crippen molar-refractivity contribution in [3.05, 3.63) is 42.8 Å². The van der Waals surface area contributed by atoms with E-state index in [0.717, 1.165) is 6.42 Å². The third kappa shape index (κ3) is 4.34. The van der Waals surface area contributed by atoms with Crippen LogP contribution in [0.25, 0.3) is 11.5 Å². The van der Waals surface area contributed by atoms with Crippen molar-refractivity contribution in [3.63, 3.8) is 0 Å². The van der Waals surface area contributed by atoms with Gasteiger partial charge in [0.1, 0.15) is 0 Å². The van der Waals surface area contributed by atoms with Crippen molar-refractivity contribution < 1.29 is 13.7 Å². The fourth-order valence-corrected chi connectivity index (χ4v) is 1.55. The van der Waals surface area contributed by atoms with Crippen molar-refractivity contribution >= 4 is 12.1 Å². The van der Waals surface area contributed by atoms with Crippen molar-refractivity contribution in [3.8, 4) is 11.5 Å². The van der Waals surface area contributed by atoms with Crippen LogP contribution in [0, 0.1) is 0 Å². The first-order valence-electron chi connectivity index (χ1n) is 6.47. The van der Waals surface area contributed by atoms with Gasteiger partial charge in [-0.15, -0.1) is 0 Å². The van der Waals surface area contributed by atoms with Crippen molar-refractivity contribution in [2.45, 2.75) is 6.42 Å². The highest BCUT2D eigenvalue weighted by Gasteiger charge is 2.14. The van der Waals surface area contributed by atoms with Crippen LogP contribution in [0.15, 0.2) is 51.2 Å². The van der Waals surface area contributed by atoms with Gasteiger partial charge in [-0.1, -0.05) is 11.7 Å². The quantitative estimate of drug-likeness (QED) is 0.439. The van der Waals surface area contributed by atoms with E-state index in [2.05, 4.69) is 27.6 Å². The Morgan fingerprint density at radius 2 is 2.33 bits per heavy atom. The van der Waals surface area contributed by atoms with E-state index in [1.807, 2.05) is 0 Å². The van der Waals surface area contributed by atoms with Gasteiger partial charge >= 0.3 is 0 Å². The molecule has 7 nitrogen and oxygen atoms in total. The number of aromatic nitrogens is 1. The molecule has 0 fully saturated rings. The lowest BCUT2D eigenvalue weighted by molar-refractivity contribution is 0.0944. The molecule has 0 aliphatic rings. The Morgan fingerprint density at radius 1 is 1.43 bits per heavy atom. The van der Waals surface area contributed by atoms with Crippen molar-refractivity contribution in [2.24, 2.45) is 5.10 Å². The molecule has 0 bridgehead atoms. The van der Waals surface area contributed by atoms with Gasteiger partial charge in [-0.05, 0) is 24.6 Å². The van der Waals surface area contributed by atoms with Gasteiger partial charge in [0, 0.05) is 25.4 Å². The minimum Gasteiger partial charge on any atom is -0.461 e. The maximum absolute atomic E-state index is 11.8. The van der Waals surface area contributed by atoms with E-state index >= 15 is 0 Å². The SMILES string of the molecule is C=C/C=N\NCCCNC(=O)c1cc(-c2ccco2)on1. The molecule has 0 spiro atoms. The predicted molar refractivity (Wildman–Crippen MR) is 77.8 cm³/mol. The van der Waals surface area contributed by atoms with E-state index in [1.165, 1.54) is 6.26 Å². The van der Waals surface area contributed by atoms with Gasteiger partial charge in [-0.2, -0.15) is 5.10 Å². The van der Waals surface area contributed by atoms with E-state index in [4.69, 9.17) is 8.94 Å². The summed E-state index contributed by atoms with van der Waals surface area (Å²) >= 11 is 0. The van der Waals surface area contributed by atoms with Crippen molar-refractivity contribution in [1.82, 2.24) is 15.9 Å². The van der Waals surface area contributed by atoms with Gasteiger partial charge in [-0.3, -0.25) is 4.79 Å². The van der Waals surface area contributed by atoms with E-state index in [9.17, 15) is 4.79 Å². The summed E-state index contributed by atoms with van der Waals surface area (Å²) in [6.07, 6.45) is 5.41. The zero-order valence-corrected chi connectivity index (χ0v) is 11.4. The summed E-state index contributed by atoms with van der Waals surface area (Å²) in [5, 5.41) is 10.3. The Labute approximate surface area is 121 Å². The number of allylic oxidation sites excluding steroid dienone is 1. The minimum absolute atomic E-state index is 0.221. The van der Waals surface area contributed by atoms with Crippen LogP contribution >= 0.6 is 0 Å². The van der Waals surface area contributed by atoms with E-state index < -0.39 is 0 Å². The van der Waals surface area contributed by atoms with Crippen LogP contribution in [-0.2, 0) is 0 Å². The van der Waals surface area contributed by atoms with Crippen LogP contribution in [0.3, 0.4) is 0 Å². The Kier molecular flexibility index (Phi) is 5.33. The zero-order valence-electron chi connectivity index (χ0n) is 11.4. The number of hydrogen-bond acceptors (Lipinski definition) is 6. The van der Waals surface area contributed by atoms with Crippen LogP contribution < -0.4 is 10.7 Å². The maximum atomic E-state index is 11.8. The van der Waals surface area contributed by atoms with Crippen molar-refractivity contribution in [1.29, 1.82) is 0 Å². The number of nitrogens with one attached hydrogen (secondary N) is 2. The first-order valence-corrected chi connectivity index (χ1v) is 6.47. The molecule has 2 rings (SSSR count). The van der Waals surface area contributed by atoms with Crippen LogP contribution in [-0.4, -0.2) is 30.4 Å². The first-order chi connectivity index (χ1) is 10.3. The topological polar surface area (TPSA) is 92.7 Å². The van der Waals surface area contributed by atoms with Gasteiger partial charge in [-0.25, -0.2) is 0 Å². The summed E-state index contributed by atoms with van der Waals surface area (Å²) in [6, 6.07) is 5.01. The Morgan fingerprint density at radius 3 is 3.10 bits per heavy atom. The molecule has 2 heterocycles.